The van der Waals surface area contributed by atoms with Gasteiger partial charge in [0.05, 0.1) is 23.4 Å². The first-order chi connectivity index (χ1) is 15.6. The summed E-state index contributed by atoms with van der Waals surface area (Å²) in [6.45, 7) is 8.63. The van der Waals surface area contributed by atoms with Crippen LogP contribution in [0.3, 0.4) is 0 Å². The van der Waals surface area contributed by atoms with Gasteiger partial charge in [-0.1, -0.05) is 13.8 Å². The van der Waals surface area contributed by atoms with E-state index in [1.165, 1.54) is 0 Å². The third kappa shape index (κ3) is 5.63. The Morgan fingerprint density at radius 1 is 1.33 bits per heavy atom. The molecule has 0 spiro atoms. The third-order valence-electron chi connectivity index (χ3n) is 5.84. The first-order valence-corrected chi connectivity index (χ1v) is 11.5. The molecular formula is C25H33N4O4+. The highest BCUT2D eigenvalue weighted by atomic mass is 16.5. The van der Waals surface area contributed by atoms with Crippen LogP contribution in [0.5, 0.6) is 5.75 Å². The van der Waals surface area contributed by atoms with Crippen LogP contribution in [0.15, 0.2) is 36.5 Å². The van der Waals surface area contributed by atoms with E-state index < -0.39 is 11.5 Å². The number of benzene rings is 1. The molecule has 8 heteroatoms. The van der Waals surface area contributed by atoms with Crippen LogP contribution in [0.2, 0.25) is 0 Å². The number of anilines is 1. The molecule has 176 valence electrons. The molecule has 1 saturated carbocycles. The van der Waals surface area contributed by atoms with Crippen molar-refractivity contribution in [3.05, 3.63) is 47.9 Å². The predicted molar refractivity (Wildman–Crippen MR) is 125 cm³/mol. The van der Waals surface area contributed by atoms with Gasteiger partial charge in [-0.25, -0.2) is 0 Å². The molecule has 0 aliphatic heterocycles. The Hall–Kier alpha value is -3.13. The summed E-state index contributed by atoms with van der Waals surface area (Å²) in [6, 6.07) is 8.82. The number of nitrogens with zero attached hydrogens (tertiary/aromatic N) is 3. The molecule has 1 aliphatic carbocycles. The van der Waals surface area contributed by atoms with E-state index in [-0.39, 0.29) is 11.6 Å². The van der Waals surface area contributed by atoms with Crippen LogP contribution in [0, 0.1) is 5.92 Å². The number of aromatic nitrogens is 3. The SMILES string of the molecule is CC(C)c1cccc(C(=O)Nc2cc3cn(CCC(C)(C)O)nc3cc2OCC2CC2)[n+]1O. The van der Waals surface area contributed by atoms with E-state index in [1.807, 2.05) is 32.2 Å². The standard InChI is InChI=1S/C25H32N4O4/c1-16(2)21-6-5-7-22(29(21)32)24(30)26-20-12-18-14-28(11-10-25(3,4)31)27-19(18)13-23(20)33-15-17-8-9-17/h5-7,12-14,16-17,31H,8-11,15H2,1-4H3,(H-,26,30,32)/p+1. The molecule has 2 heterocycles. The molecular weight excluding hydrogens is 420 g/mol. The van der Waals surface area contributed by atoms with Crippen molar-refractivity contribution in [2.45, 2.75) is 65.0 Å². The molecule has 1 amide bonds. The van der Waals surface area contributed by atoms with Crippen LogP contribution in [0.4, 0.5) is 5.69 Å². The van der Waals surface area contributed by atoms with Crippen molar-refractivity contribution in [3.63, 3.8) is 0 Å². The highest BCUT2D eigenvalue weighted by Crippen LogP contribution is 2.34. The Labute approximate surface area is 193 Å². The van der Waals surface area contributed by atoms with Crippen LogP contribution >= 0.6 is 0 Å². The van der Waals surface area contributed by atoms with Crippen LogP contribution in [-0.2, 0) is 6.54 Å². The quantitative estimate of drug-likeness (QED) is 0.337. The van der Waals surface area contributed by atoms with E-state index in [0.29, 0.717) is 42.6 Å². The van der Waals surface area contributed by atoms with Crippen LogP contribution in [0.25, 0.3) is 10.9 Å². The summed E-state index contributed by atoms with van der Waals surface area (Å²) >= 11 is 0. The molecule has 1 aliphatic rings. The van der Waals surface area contributed by atoms with E-state index >= 15 is 0 Å². The summed E-state index contributed by atoms with van der Waals surface area (Å²) in [4.78, 5) is 13.1. The number of carbonyl (C=O) groups is 1. The number of aryl methyl sites for hydroxylation is 1. The van der Waals surface area contributed by atoms with Crippen LogP contribution < -0.4 is 14.8 Å². The lowest BCUT2D eigenvalue weighted by molar-refractivity contribution is -0.911. The van der Waals surface area contributed by atoms with E-state index in [4.69, 9.17) is 4.74 Å². The second-order valence-corrected chi connectivity index (χ2v) is 9.87. The zero-order chi connectivity index (χ0) is 23.8. The van der Waals surface area contributed by atoms with Crippen molar-refractivity contribution >= 4 is 22.5 Å². The van der Waals surface area contributed by atoms with Crippen molar-refractivity contribution in [3.8, 4) is 5.75 Å². The molecule has 0 radical (unpaired) electrons. The van der Waals surface area contributed by atoms with E-state index in [0.717, 1.165) is 28.5 Å². The van der Waals surface area contributed by atoms with Crippen molar-refractivity contribution < 1.29 is 24.6 Å². The molecule has 4 rings (SSSR count). The minimum atomic E-state index is -0.778. The average molecular weight is 454 g/mol. The Morgan fingerprint density at radius 3 is 2.76 bits per heavy atom. The number of aliphatic hydroxyl groups is 1. The largest absolute Gasteiger partial charge is 0.491 e. The molecule has 1 fully saturated rings. The smallest absolute Gasteiger partial charge is 0.325 e. The van der Waals surface area contributed by atoms with Crippen molar-refractivity contribution in [2.24, 2.45) is 5.92 Å². The zero-order valence-corrected chi connectivity index (χ0v) is 19.7. The maximum Gasteiger partial charge on any atom is 0.325 e. The number of amides is 1. The minimum Gasteiger partial charge on any atom is -0.491 e. The molecule has 2 aromatic heterocycles. The molecule has 0 unspecified atom stereocenters. The van der Waals surface area contributed by atoms with Gasteiger partial charge < -0.3 is 15.2 Å². The second kappa shape index (κ2) is 9.02. The fraction of sp³-hybridized carbons (Fsp3) is 0.480. The van der Waals surface area contributed by atoms with Gasteiger partial charge >= 0.3 is 11.6 Å². The van der Waals surface area contributed by atoms with Crippen molar-refractivity contribution in [1.82, 2.24) is 9.78 Å². The van der Waals surface area contributed by atoms with Crippen molar-refractivity contribution in [1.29, 1.82) is 0 Å². The molecule has 1 aromatic carbocycles. The van der Waals surface area contributed by atoms with E-state index in [2.05, 4.69) is 10.4 Å². The molecule has 0 saturated heterocycles. The number of fused-ring (bicyclic) bond motifs is 1. The summed E-state index contributed by atoms with van der Waals surface area (Å²) in [5.41, 5.74) is 1.31. The molecule has 0 atom stereocenters. The lowest BCUT2D eigenvalue weighted by atomic mass is 10.1. The van der Waals surface area contributed by atoms with Crippen LogP contribution in [0.1, 0.15) is 69.1 Å². The van der Waals surface area contributed by atoms with Gasteiger partial charge in [-0.3, -0.25) is 14.7 Å². The summed E-state index contributed by atoms with van der Waals surface area (Å²) < 4.78 is 8.79. The molecule has 3 aromatic rings. The maximum absolute atomic E-state index is 13.1. The van der Waals surface area contributed by atoms with E-state index in [9.17, 15) is 15.1 Å². The van der Waals surface area contributed by atoms with Gasteiger partial charge in [0.15, 0.2) is 0 Å². The van der Waals surface area contributed by atoms with Gasteiger partial charge in [0, 0.05) is 47.0 Å². The highest BCUT2D eigenvalue weighted by Gasteiger charge is 2.27. The lowest BCUT2D eigenvalue weighted by Gasteiger charge is -2.16. The van der Waals surface area contributed by atoms with Gasteiger partial charge in [-0.15, -0.1) is 0 Å². The minimum absolute atomic E-state index is 0.0614. The summed E-state index contributed by atoms with van der Waals surface area (Å²) in [5.74, 6) is 0.743. The Kier molecular flexibility index (Phi) is 6.30. The normalized spacial score (nSPS) is 14.1. The summed E-state index contributed by atoms with van der Waals surface area (Å²) in [7, 11) is 0. The fourth-order valence-corrected chi connectivity index (χ4v) is 3.63. The van der Waals surface area contributed by atoms with Gasteiger partial charge in [0.2, 0.25) is 5.69 Å². The van der Waals surface area contributed by atoms with Gasteiger partial charge in [0.1, 0.15) is 5.75 Å². The first-order valence-electron chi connectivity index (χ1n) is 11.5. The number of pyridine rings is 1. The fourth-order valence-electron chi connectivity index (χ4n) is 3.63. The molecule has 0 bridgehead atoms. The van der Waals surface area contributed by atoms with Gasteiger partial charge in [-0.2, -0.15) is 5.10 Å². The number of hydrogen-bond acceptors (Lipinski definition) is 5. The molecule has 33 heavy (non-hydrogen) atoms. The predicted octanol–water partition coefficient (Wildman–Crippen LogP) is 3.89. The Bertz CT molecular complexity index is 1160. The number of hydrogen-bond donors (Lipinski definition) is 3. The number of ether oxygens (including phenoxy) is 1. The van der Waals surface area contributed by atoms with Crippen LogP contribution in [-0.4, -0.2) is 38.2 Å². The Balaban J connectivity index is 1.63. The van der Waals surface area contributed by atoms with Crippen molar-refractivity contribution in [2.75, 3.05) is 11.9 Å². The van der Waals surface area contributed by atoms with Gasteiger partial charge in [0.25, 0.3) is 0 Å². The summed E-state index contributed by atoms with van der Waals surface area (Å²) in [6.07, 6.45) is 4.77. The van der Waals surface area contributed by atoms with Gasteiger partial charge in [-0.05, 0) is 51.2 Å². The molecule has 3 N–H and O–H groups in total. The Morgan fingerprint density at radius 2 is 2.09 bits per heavy atom. The zero-order valence-electron chi connectivity index (χ0n) is 19.7. The first kappa shape index (κ1) is 23.0. The summed E-state index contributed by atoms with van der Waals surface area (Å²) in [5, 5.41) is 29.0. The molecule has 8 nitrogen and oxygen atoms in total. The number of rotatable bonds is 9. The number of nitrogens with one attached hydrogen (secondary N) is 1. The second-order valence-electron chi connectivity index (χ2n) is 9.87. The number of carbonyl (C=O) groups excluding carboxylic acids is 1. The average Bonchev–Trinajstić information content (AvgIpc) is 3.48. The third-order valence-corrected chi connectivity index (χ3v) is 5.84. The lowest BCUT2D eigenvalue weighted by Crippen LogP contribution is -2.43. The monoisotopic (exact) mass is 453 g/mol. The topological polar surface area (TPSA) is 100 Å². The van der Waals surface area contributed by atoms with E-state index in [1.54, 1.807) is 36.7 Å². The highest BCUT2D eigenvalue weighted by molar-refractivity contribution is 6.04. The maximum atomic E-state index is 13.1.